The Balaban J connectivity index is 1.57. The van der Waals surface area contributed by atoms with Crippen molar-refractivity contribution < 1.29 is 4.74 Å². The van der Waals surface area contributed by atoms with E-state index in [4.69, 9.17) is 16.3 Å². The average Bonchev–Trinajstić information content (AvgIpc) is 3.13. The second-order valence-electron chi connectivity index (χ2n) is 5.69. The van der Waals surface area contributed by atoms with Crippen LogP contribution in [0.2, 0.25) is 5.15 Å². The molecule has 1 fully saturated rings. The minimum absolute atomic E-state index is 0.122. The molecule has 2 aromatic heterocycles. The third-order valence-corrected chi connectivity index (χ3v) is 4.43. The van der Waals surface area contributed by atoms with E-state index in [0.29, 0.717) is 5.15 Å². The fraction of sp³-hybridized carbons (Fsp3) is 0.222. The van der Waals surface area contributed by atoms with E-state index in [2.05, 4.69) is 44.8 Å². The predicted molar refractivity (Wildman–Crippen MR) is 93.8 cm³/mol. The van der Waals surface area contributed by atoms with Gasteiger partial charge in [-0.3, -0.25) is 5.10 Å². The number of nitrogens with zero attached hydrogens (tertiary/aromatic N) is 2. The van der Waals surface area contributed by atoms with E-state index in [1.54, 1.807) is 6.20 Å². The molecule has 3 aromatic rings. The van der Waals surface area contributed by atoms with Crippen molar-refractivity contribution in [2.45, 2.75) is 6.10 Å². The number of benzene rings is 1. The van der Waals surface area contributed by atoms with Crippen molar-refractivity contribution in [2.24, 2.45) is 0 Å². The molecule has 0 saturated carbocycles. The van der Waals surface area contributed by atoms with Gasteiger partial charge in [0.2, 0.25) is 0 Å². The molecular weight excluding hydrogens is 324 g/mol. The first-order valence-electron chi connectivity index (χ1n) is 7.90. The molecule has 2 N–H and O–H groups in total. The van der Waals surface area contributed by atoms with Crippen molar-refractivity contribution in [1.29, 1.82) is 0 Å². The van der Waals surface area contributed by atoms with Crippen LogP contribution in [0.1, 0.15) is 11.7 Å². The number of aromatic amines is 1. The largest absolute Gasteiger partial charge is 0.371 e. The molecule has 0 spiro atoms. The minimum Gasteiger partial charge on any atom is -0.371 e. The van der Waals surface area contributed by atoms with Crippen molar-refractivity contribution in [3.8, 4) is 22.5 Å². The average molecular weight is 341 g/mol. The van der Waals surface area contributed by atoms with Crippen molar-refractivity contribution in [3.63, 3.8) is 0 Å². The van der Waals surface area contributed by atoms with Gasteiger partial charge in [-0.05, 0) is 23.8 Å². The highest BCUT2D eigenvalue weighted by atomic mass is 35.5. The summed E-state index contributed by atoms with van der Waals surface area (Å²) in [5, 5.41) is 11.2. The maximum atomic E-state index is 6.14. The number of H-pyrrole nitrogens is 1. The van der Waals surface area contributed by atoms with Crippen LogP contribution in [0.3, 0.4) is 0 Å². The topological polar surface area (TPSA) is 62.8 Å². The number of halogens is 1. The van der Waals surface area contributed by atoms with Gasteiger partial charge in [-0.25, -0.2) is 4.98 Å². The molecule has 3 heterocycles. The molecule has 4 rings (SSSR count). The zero-order valence-corrected chi connectivity index (χ0v) is 13.8. The van der Waals surface area contributed by atoms with Crippen molar-refractivity contribution in [2.75, 3.05) is 19.7 Å². The molecule has 0 aliphatic carbocycles. The van der Waals surface area contributed by atoms with Crippen molar-refractivity contribution >= 4 is 11.6 Å². The molecule has 1 saturated heterocycles. The van der Waals surface area contributed by atoms with Crippen LogP contribution in [-0.4, -0.2) is 34.9 Å². The van der Waals surface area contributed by atoms with Crippen LogP contribution >= 0.6 is 11.6 Å². The molecule has 0 amide bonds. The number of rotatable bonds is 3. The first-order valence-corrected chi connectivity index (χ1v) is 8.28. The third kappa shape index (κ3) is 3.06. The van der Waals surface area contributed by atoms with Gasteiger partial charge in [0, 0.05) is 30.4 Å². The van der Waals surface area contributed by atoms with E-state index < -0.39 is 0 Å². The molecule has 0 bridgehead atoms. The molecular formula is C18H17ClN4O. The van der Waals surface area contributed by atoms with Gasteiger partial charge in [0.15, 0.2) is 0 Å². The highest BCUT2D eigenvalue weighted by molar-refractivity contribution is 6.32. The normalized spacial score (nSPS) is 17.8. The molecule has 6 heteroatoms. The quantitative estimate of drug-likeness (QED) is 0.717. The minimum atomic E-state index is 0.122. The summed E-state index contributed by atoms with van der Waals surface area (Å²) in [6.07, 6.45) is 1.79. The zero-order valence-electron chi connectivity index (χ0n) is 13.0. The lowest BCUT2D eigenvalue weighted by Gasteiger charge is -2.24. The number of ether oxygens (including phenoxy) is 1. The van der Waals surface area contributed by atoms with Gasteiger partial charge in [-0.2, -0.15) is 5.10 Å². The van der Waals surface area contributed by atoms with Crippen LogP contribution in [0, 0.1) is 0 Å². The lowest BCUT2D eigenvalue weighted by atomic mass is 10.0. The number of morpholine rings is 1. The molecule has 1 aliphatic rings. The Kier molecular flexibility index (Phi) is 4.30. The number of aromatic nitrogens is 3. The van der Waals surface area contributed by atoms with E-state index in [0.717, 1.165) is 42.2 Å². The number of pyridine rings is 1. The lowest BCUT2D eigenvalue weighted by molar-refractivity contribution is 0.0277. The Morgan fingerprint density at radius 2 is 2.04 bits per heavy atom. The van der Waals surface area contributed by atoms with Crippen molar-refractivity contribution in [3.05, 3.63) is 59.4 Å². The smallest absolute Gasteiger partial charge is 0.138 e. The Labute approximate surface area is 145 Å². The molecule has 5 nitrogen and oxygen atoms in total. The predicted octanol–water partition coefficient (Wildman–Crippen LogP) is 3.45. The number of hydrogen-bond donors (Lipinski definition) is 2. The molecule has 0 unspecified atom stereocenters. The monoisotopic (exact) mass is 340 g/mol. The number of nitrogens with one attached hydrogen (secondary N) is 2. The fourth-order valence-electron chi connectivity index (χ4n) is 2.84. The SMILES string of the molecule is Clc1ncccc1-c1cc(-c2ccc([C@H]3CNCCO3)cc2)n[nH]1. The Bertz CT molecular complexity index is 825. The summed E-state index contributed by atoms with van der Waals surface area (Å²) < 4.78 is 5.78. The van der Waals surface area contributed by atoms with Crippen LogP contribution in [0.5, 0.6) is 0 Å². The van der Waals surface area contributed by atoms with Gasteiger partial charge in [0.05, 0.1) is 24.1 Å². The van der Waals surface area contributed by atoms with Crippen molar-refractivity contribution in [1.82, 2.24) is 20.5 Å². The van der Waals surface area contributed by atoms with Crippen LogP contribution < -0.4 is 5.32 Å². The van der Waals surface area contributed by atoms with Crippen LogP contribution in [0.25, 0.3) is 22.5 Å². The molecule has 24 heavy (non-hydrogen) atoms. The standard InChI is InChI=1S/C18H17ClN4O/c19-18-14(2-1-7-21-18)16-10-15(22-23-16)12-3-5-13(6-4-12)17-11-20-8-9-24-17/h1-7,10,17,20H,8-9,11H2,(H,22,23)/t17-/m1/s1. The maximum absolute atomic E-state index is 6.14. The fourth-order valence-corrected chi connectivity index (χ4v) is 3.06. The summed E-state index contributed by atoms with van der Waals surface area (Å²) in [5.41, 5.74) is 4.80. The van der Waals surface area contributed by atoms with E-state index >= 15 is 0 Å². The second-order valence-corrected chi connectivity index (χ2v) is 6.05. The van der Waals surface area contributed by atoms with Crippen LogP contribution in [0.4, 0.5) is 0 Å². The Morgan fingerprint density at radius 3 is 2.79 bits per heavy atom. The van der Waals surface area contributed by atoms with E-state index in [-0.39, 0.29) is 6.10 Å². The Hall–Kier alpha value is -2.21. The third-order valence-electron chi connectivity index (χ3n) is 4.13. The van der Waals surface area contributed by atoms with Crippen LogP contribution in [-0.2, 0) is 4.74 Å². The van der Waals surface area contributed by atoms with Gasteiger partial charge in [-0.15, -0.1) is 0 Å². The second kappa shape index (κ2) is 6.73. The van der Waals surface area contributed by atoms with Gasteiger partial charge >= 0.3 is 0 Å². The summed E-state index contributed by atoms with van der Waals surface area (Å²) in [4.78, 5) is 4.10. The highest BCUT2D eigenvalue weighted by Crippen LogP contribution is 2.28. The maximum Gasteiger partial charge on any atom is 0.138 e. The summed E-state index contributed by atoms with van der Waals surface area (Å²) in [6, 6.07) is 14.1. The zero-order chi connectivity index (χ0) is 16.4. The molecule has 1 aromatic carbocycles. The molecule has 1 aliphatic heterocycles. The van der Waals surface area contributed by atoms with E-state index in [1.165, 1.54) is 5.56 Å². The molecule has 0 radical (unpaired) electrons. The van der Waals surface area contributed by atoms with Gasteiger partial charge in [0.25, 0.3) is 0 Å². The highest BCUT2D eigenvalue weighted by Gasteiger charge is 2.16. The Morgan fingerprint density at radius 1 is 1.17 bits per heavy atom. The summed E-state index contributed by atoms with van der Waals surface area (Å²) >= 11 is 6.14. The van der Waals surface area contributed by atoms with Gasteiger partial charge in [-0.1, -0.05) is 35.9 Å². The summed E-state index contributed by atoms with van der Waals surface area (Å²) in [7, 11) is 0. The molecule has 1 atom stereocenters. The first-order chi connectivity index (χ1) is 11.8. The van der Waals surface area contributed by atoms with Crippen LogP contribution in [0.15, 0.2) is 48.7 Å². The lowest BCUT2D eigenvalue weighted by Crippen LogP contribution is -2.33. The first kappa shape index (κ1) is 15.3. The van der Waals surface area contributed by atoms with E-state index in [9.17, 15) is 0 Å². The summed E-state index contributed by atoms with van der Waals surface area (Å²) in [6.45, 7) is 2.52. The number of hydrogen-bond acceptors (Lipinski definition) is 4. The van der Waals surface area contributed by atoms with E-state index in [1.807, 2.05) is 18.2 Å². The molecule has 122 valence electrons. The van der Waals surface area contributed by atoms with Gasteiger partial charge in [0.1, 0.15) is 5.15 Å². The summed E-state index contributed by atoms with van der Waals surface area (Å²) in [5.74, 6) is 0. The van der Waals surface area contributed by atoms with Gasteiger partial charge < -0.3 is 10.1 Å².